The van der Waals surface area contributed by atoms with Gasteiger partial charge in [0, 0.05) is 24.1 Å². The van der Waals surface area contributed by atoms with E-state index in [0.717, 1.165) is 12.1 Å². The number of halogens is 2. The van der Waals surface area contributed by atoms with Crippen molar-refractivity contribution in [1.29, 1.82) is 0 Å². The fourth-order valence-corrected chi connectivity index (χ4v) is 2.14. The van der Waals surface area contributed by atoms with Crippen molar-refractivity contribution in [3.05, 3.63) is 72.1 Å². The standard InChI is InChI=1S/C18H14F2N4O2/c1-26-13-5-2-4-12(8-13)23-17(25)11-9-21-18(22-10-11)24-16-14(19)6-3-7-15(16)20/h2-10H,1H3,(H,23,25)(H,21,22,24). The van der Waals surface area contributed by atoms with Gasteiger partial charge in [0.1, 0.15) is 23.1 Å². The van der Waals surface area contributed by atoms with E-state index in [4.69, 9.17) is 4.74 Å². The third-order valence-corrected chi connectivity index (χ3v) is 3.44. The molecule has 0 atom stereocenters. The van der Waals surface area contributed by atoms with Crippen molar-refractivity contribution in [2.75, 3.05) is 17.7 Å². The van der Waals surface area contributed by atoms with E-state index in [1.54, 1.807) is 24.3 Å². The van der Waals surface area contributed by atoms with Gasteiger partial charge in [0.05, 0.1) is 12.7 Å². The lowest BCUT2D eigenvalue weighted by Crippen LogP contribution is -2.13. The van der Waals surface area contributed by atoms with Crippen molar-refractivity contribution in [3.8, 4) is 5.75 Å². The van der Waals surface area contributed by atoms with Gasteiger partial charge >= 0.3 is 0 Å². The van der Waals surface area contributed by atoms with E-state index in [-0.39, 0.29) is 17.2 Å². The van der Waals surface area contributed by atoms with Crippen LogP contribution in [0.25, 0.3) is 0 Å². The van der Waals surface area contributed by atoms with E-state index < -0.39 is 17.5 Å². The average molecular weight is 356 g/mol. The molecular weight excluding hydrogens is 342 g/mol. The molecule has 6 nitrogen and oxygen atoms in total. The molecule has 0 aliphatic rings. The summed E-state index contributed by atoms with van der Waals surface area (Å²) in [6, 6.07) is 10.3. The number of hydrogen-bond donors (Lipinski definition) is 2. The van der Waals surface area contributed by atoms with Crippen molar-refractivity contribution in [1.82, 2.24) is 9.97 Å². The zero-order chi connectivity index (χ0) is 18.5. The average Bonchev–Trinajstić information content (AvgIpc) is 2.65. The molecule has 2 N–H and O–H groups in total. The van der Waals surface area contributed by atoms with Crippen LogP contribution in [0, 0.1) is 11.6 Å². The molecule has 0 bridgehead atoms. The lowest BCUT2D eigenvalue weighted by Gasteiger charge is -2.08. The Bertz CT molecular complexity index is 912. The molecule has 0 fully saturated rings. The van der Waals surface area contributed by atoms with Gasteiger partial charge in [0.15, 0.2) is 0 Å². The number of carbonyl (C=O) groups excluding carboxylic acids is 1. The summed E-state index contributed by atoms with van der Waals surface area (Å²) in [5.41, 5.74) is 0.374. The van der Waals surface area contributed by atoms with Gasteiger partial charge in [-0.2, -0.15) is 0 Å². The van der Waals surface area contributed by atoms with Gasteiger partial charge in [-0.25, -0.2) is 18.7 Å². The van der Waals surface area contributed by atoms with Crippen molar-refractivity contribution >= 4 is 23.2 Å². The van der Waals surface area contributed by atoms with Crippen LogP contribution >= 0.6 is 0 Å². The number of nitrogens with zero attached hydrogens (tertiary/aromatic N) is 2. The third kappa shape index (κ3) is 3.92. The molecule has 26 heavy (non-hydrogen) atoms. The molecule has 0 aliphatic heterocycles. The first-order chi connectivity index (χ1) is 12.6. The van der Waals surface area contributed by atoms with Crippen LogP contribution in [0.2, 0.25) is 0 Å². The molecule has 0 radical (unpaired) electrons. The first-order valence-corrected chi connectivity index (χ1v) is 7.55. The molecule has 1 heterocycles. The number of amides is 1. The minimum Gasteiger partial charge on any atom is -0.497 e. The number of rotatable bonds is 5. The summed E-state index contributed by atoms with van der Waals surface area (Å²) in [4.78, 5) is 20.0. The summed E-state index contributed by atoms with van der Waals surface area (Å²) in [5.74, 6) is -1.40. The summed E-state index contributed by atoms with van der Waals surface area (Å²) >= 11 is 0. The van der Waals surface area contributed by atoms with Crippen LogP contribution in [0.5, 0.6) is 5.75 Å². The van der Waals surface area contributed by atoms with Crippen LogP contribution < -0.4 is 15.4 Å². The van der Waals surface area contributed by atoms with Gasteiger partial charge in [-0.15, -0.1) is 0 Å². The number of para-hydroxylation sites is 1. The molecule has 8 heteroatoms. The minimum absolute atomic E-state index is 0.0352. The maximum absolute atomic E-state index is 13.6. The summed E-state index contributed by atoms with van der Waals surface area (Å²) < 4.78 is 32.3. The highest BCUT2D eigenvalue weighted by atomic mass is 19.1. The van der Waals surface area contributed by atoms with Crippen LogP contribution in [-0.4, -0.2) is 23.0 Å². The maximum Gasteiger partial charge on any atom is 0.258 e. The van der Waals surface area contributed by atoms with Crippen LogP contribution in [0.1, 0.15) is 10.4 Å². The molecule has 0 spiro atoms. The van der Waals surface area contributed by atoms with Crippen molar-refractivity contribution < 1.29 is 18.3 Å². The van der Waals surface area contributed by atoms with Crippen molar-refractivity contribution in [2.24, 2.45) is 0 Å². The largest absolute Gasteiger partial charge is 0.497 e. The Balaban J connectivity index is 1.71. The first-order valence-electron chi connectivity index (χ1n) is 7.55. The predicted molar refractivity (Wildman–Crippen MR) is 92.6 cm³/mol. The molecule has 3 aromatic rings. The number of benzene rings is 2. The summed E-state index contributed by atoms with van der Waals surface area (Å²) in [6.07, 6.45) is 2.51. The lowest BCUT2D eigenvalue weighted by molar-refractivity contribution is 0.102. The smallest absolute Gasteiger partial charge is 0.258 e. The fraction of sp³-hybridized carbons (Fsp3) is 0.0556. The van der Waals surface area contributed by atoms with Crippen molar-refractivity contribution in [2.45, 2.75) is 0 Å². The normalized spacial score (nSPS) is 10.3. The molecule has 0 aliphatic carbocycles. The Morgan fingerprint density at radius 1 is 1.04 bits per heavy atom. The quantitative estimate of drug-likeness (QED) is 0.728. The van der Waals surface area contributed by atoms with Gasteiger partial charge in [0.2, 0.25) is 5.95 Å². The monoisotopic (exact) mass is 356 g/mol. The number of methoxy groups -OCH3 is 1. The molecule has 0 unspecified atom stereocenters. The lowest BCUT2D eigenvalue weighted by atomic mass is 10.2. The zero-order valence-corrected chi connectivity index (χ0v) is 13.7. The first kappa shape index (κ1) is 17.3. The molecular formula is C18H14F2N4O2. The SMILES string of the molecule is COc1cccc(NC(=O)c2cnc(Nc3c(F)cccc3F)nc2)c1. The second-order valence-corrected chi connectivity index (χ2v) is 5.20. The van der Waals surface area contributed by atoms with E-state index in [1.165, 1.54) is 25.6 Å². The van der Waals surface area contributed by atoms with Gasteiger partial charge in [-0.3, -0.25) is 4.79 Å². The van der Waals surface area contributed by atoms with Gasteiger partial charge in [-0.05, 0) is 24.3 Å². The van der Waals surface area contributed by atoms with E-state index >= 15 is 0 Å². The fourth-order valence-electron chi connectivity index (χ4n) is 2.14. The molecule has 0 saturated carbocycles. The highest BCUT2D eigenvalue weighted by Crippen LogP contribution is 2.21. The van der Waals surface area contributed by atoms with Gasteiger partial charge in [0.25, 0.3) is 5.91 Å². The molecule has 1 amide bonds. The molecule has 2 aromatic carbocycles. The van der Waals surface area contributed by atoms with Gasteiger partial charge < -0.3 is 15.4 Å². The Kier molecular flexibility index (Phi) is 5.02. The zero-order valence-electron chi connectivity index (χ0n) is 13.7. The van der Waals surface area contributed by atoms with E-state index in [2.05, 4.69) is 20.6 Å². The minimum atomic E-state index is -0.770. The molecule has 0 saturated heterocycles. The van der Waals surface area contributed by atoms with Crippen LogP contribution in [-0.2, 0) is 0 Å². The Morgan fingerprint density at radius 2 is 1.69 bits per heavy atom. The summed E-state index contributed by atoms with van der Waals surface area (Å²) in [6.45, 7) is 0. The maximum atomic E-state index is 13.6. The number of hydrogen-bond acceptors (Lipinski definition) is 5. The summed E-state index contributed by atoms with van der Waals surface area (Å²) in [5, 5.41) is 5.13. The second-order valence-electron chi connectivity index (χ2n) is 5.20. The number of nitrogens with one attached hydrogen (secondary N) is 2. The number of anilines is 3. The number of ether oxygens (including phenoxy) is 1. The summed E-state index contributed by atoms with van der Waals surface area (Å²) in [7, 11) is 1.53. The Morgan fingerprint density at radius 3 is 2.35 bits per heavy atom. The predicted octanol–water partition coefficient (Wildman–Crippen LogP) is 3.76. The second kappa shape index (κ2) is 7.56. The van der Waals surface area contributed by atoms with Gasteiger partial charge in [-0.1, -0.05) is 12.1 Å². The Hall–Kier alpha value is -3.55. The van der Waals surface area contributed by atoms with Crippen molar-refractivity contribution in [3.63, 3.8) is 0 Å². The van der Waals surface area contributed by atoms with E-state index in [0.29, 0.717) is 11.4 Å². The van der Waals surface area contributed by atoms with Crippen LogP contribution in [0.15, 0.2) is 54.9 Å². The highest BCUT2D eigenvalue weighted by Gasteiger charge is 2.12. The Labute approximate surface area is 147 Å². The third-order valence-electron chi connectivity index (χ3n) is 3.44. The highest BCUT2D eigenvalue weighted by molar-refractivity contribution is 6.04. The number of carbonyl (C=O) groups is 1. The topological polar surface area (TPSA) is 76.1 Å². The molecule has 3 rings (SSSR count). The molecule has 132 valence electrons. The van der Waals surface area contributed by atoms with E-state index in [1.807, 2.05) is 0 Å². The van der Waals surface area contributed by atoms with E-state index in [9.17, 15) is 13.6 Å². The van der Waals surface area contributed by atoms with Crippen LogP contribution in [0.3, 0.4) is 0 Å². The van der Waals surface area contributed by atoms with Crippen LogP contribution in [0.4, 0.5) is 26.1 Å². The molecule has 1 aromatic heterocycles. The number of aromatic nitrogens is 2.